The second-order valence-electron chi connectivity index (χ2n) is 10.7. The summed E-state index contributed by atoms with van der Waals surface area (Å²) >= 11 is 2.01. The van der Waals surface area contributed by atoms with Crippen molar-refractivity contribution in [3.63, 3.8) is 0 Å². The summed E-state index contributed by atoms with van der Waals surface area (Å²) < 4.78 is 0. The molecule has 2 aliphatic rings. The molecule has 1 unspecified atom stereocenters. The minimum atomic E-state index is 0.370. The van der Waals surface area contributed by atoms with E-state index < -0.39 is 0 Å². The van der Waals surface area contributed by atoms with Gasteiger partial charge < -0.3 is 9.97 Å². The molecule has 3 aromatic rings. The van der Waals surface area contributed by atoms with E-state index in [1.165, 1.54) is 45.8 Å². The minimum Gasteiger partial charge on any atom is -0.355 e. The van der Waals surface area contributed by atoms with Crippen LogP contribution < -0.4 is 0 Å². The smallest absolute Gasteiger partial charge is 0.0687 e. The second kappa shape index (κ2) is 17.3. The second-order valence-corrected chi connectivity index (χ2v) is 12.1. The molecule has 2 N–H and O–H groups in total. The predicted octanol–water partition coefficient (Wildman–Crippen LogP) is 11.6. The van der Waals surface area contributed by atoms with E-state index in [-0.39, 0.29) is 0 Å². The Morgan fingerprint density at radius 3 is 2.09 bits per heavy atom. The SMILES string of the molecule is C=Cc1c(C)c2cc3nc(c(C)c4nc(cc5[nH]c(cc1[nH]2)c(C)c5CC)C(C)=C4)CC3C.CC.CC.CCCSCC. The summed E-state index contributed by atoms with van der Waals surface area (Å²) in [4.78, 5) is 17.4. The third-order valence-corrected chi connectivity index (χ3v) is 8.98. The van der Waals surface area contributed by atoms with Gasteiger partial charge in [0.25, 0.3) is 0 Å². The first-order valence-electron chi connectivity index (χ1n) is 16.3. The molecule has 1 atom stereocenters. The van der Waals surface area contributed by atoms with Gasteiger partial charge in [0, 0.05) is 44.9 Å². The van der Waals surface area contributed by atoms with Crippen LogP contribution in [-0.2, 0) is 12.8 Å². The molecule has 0 amide bonds. The van der Waals surface area contributed by atoms with Gasteiger partial charge in [0.1, 0.15) is 0 Å². The Balaban J connectivity index is 0.000000570. The van der Waals surface area contributed by atoms with Gasteiger partial charge in [0.2, 0.25) is 0 Å². The Kier molecular flexibility index (Phi) is 14.5. The molecule has 5 heterocycles. The number of hydrogen-bond donors (Lipinski definition) is 2. The number of aryl methyl sites for hydroxylation is 3. The first-order valence-corrected chi connectivity index (χ1v) is 17.5. The zero-order chi connectivity index (χ0) is 32.3. The van der Waals surface area contributed by atoms with E-state index in [4.69, 9.17) is 9.97 Å². The molecule has 0 fully saturated rings. The topological polar surface area (TPSA) is 57.4 Å². The van der Waals surface area contributed by atoms with Crippen LogP contribution in [-0.4, -0.2) is 31.4 Å². The van der Waals surface area contributed by atoms with Gasteiger partial charge in [-0.15, -0.1) is 0 Å². The van der Waals surface area contributed by atoms with Gasteiger partial charge in [0.15, 0.2) is 0 Å². The fourth-order valence-corrected chi connectivity index (χ4v) is 6.00. The number of aromatic amines is 2. The van der Waals surface area contributed by atoms with Crippen LogP contribution in [0.3, 0.4) is 0 Å². The molecule has 2 aliphatic heterocycles. The summed E-state index contributed by atoms with van der Waals surface area (Å²) in [5.74, 6) is 2.97. The number of hydrogen-bond acceptors (Lipinski definition) is 3. The van der Waals surface area contributed by atoms with E-state index in [0.717, 1.165) is 63.2 Å². The number of nitrogens with zero attached hydrogens (tertiary/aromatic N) is 2. The average Bonchev–Trinajstić information content (AvgIpc) is 3.74. The summed E-state index contributed by atoms with van der Waals surface area (Å²) in [5, 5.41) is 0. The van der Waals surface area contributed by atoms with Crippen molar-refractivity contribution in [2.75, 3.05) is 11.5 Å². The summed E-state index contributed by atoms with van der Waals surface area (Å²) in [6.45, 7) is 29.6. The van der Waals surface area contributed by atoms with Crippen molar-refractivity contribution in [2.24, 2.45) is 0 Å². The molecule has 5 rings (SSSR count). The molecule has 4 nitrogen and oxygen atoms in total. The quantitative estimate of drug-likeness (QED) is 0.286. The van der Waals surface area contributed by atoms with Crippen LogP contribution >= 0.6 is 11.8 Å². The Bertz CT molecular complexity index is 1560. The van der Waals surface area contributed by atoms with Crippen LogP contribution in [0.4, 0.5) is 0 Å². The molecule has 0 aliphatic carbocycles. The van der Waals surface area contributed by atoms with Crippen molar-refractivity contribution in [2.45, 2.75) is 108 Å². The number of thioether (sulfide) groups is 1. The Hall–Kier alpha value is -3.05. The maximum Gasteiger partial charge on any atom is 0.0687 e. The van der Waals surface area contributed by atoms with Crippen molar-refractivity contribution in [1.29, 1.82) is 0 Å². The van der Waals surface area contributed by atoms with Gasteiger partial charge in [0.05, 0.1) is 11.4 Å². The maximum atomic E-state index is 5.05. The summed E-state index contributed by atoms with van der Waals surface area (Å²) in [6.07, 6.45) is 7.36. The summed E-state index contributed by atoms with van der Waals surface area (Å²) in [5.41, 5.74) is 16.0. The zero-order valence-electron chi connectivity index (χ0n) is 29.0. The summed E-state index contributed by atoms with van der Waals surface area (Å²) in [6, 6.07) is 6.63. The van der Waals surface area contributed by atoms with Crippen molar-refractivity contribution in [3.05, 3.63) is 75.4 Å². The van der Waals surface area contributed by atoms with Crippen molar-refractivity contribution in [3.8, 4) is 0 Å². The molecular weight excluding hydrogens is 545 g/mol. The highest BCUT2D eigenvalue weighted by molar-refractivity contribution is 7.99. The van der Waals surface area contributed by atoms with Crippen molar-refractivity contribution in [1.82, 2.24) is 19.9 Å². The number of nitrogens with one attached hydrogen (secondary N) is 2. The van der Waals surface area contributed by atoms with Gasteiger partial charge in [-0.25, -0.2) is 4.98 Å². The highest BCUT2D eigenvalue weighted by Gasteiger charge is 2.20. The van der Waals surface area contributed by atoms with Gasteiger partial charge >= 0.3 is 0 Å². The van der Waals surface area contributed by atoms with E-state index in [0.29, 0.717) is 5.92 Å². The van der Waals surface area contributed by atoms with E-state index in [2.05, 4.69) is 96.2 Å². The molecule has 0 aromatic carbocycles. The number of rotatable bonds is 5. The number of H-pyrrole nitrogens is 2. The van der Waals surface area contributed by atoms with Crippen LogP contribution in [0, 0.1) is 20.8 Å². The Labute approximate surface area is 266 Å². The molecule has 0 saturated heterocycles. The molecule has 8 bridgehead atoms. The lowest BCUT2D eigenvalue weighted by atomic mass is 10.0. The maximum absolute atomic E-state index is 5.05. The number of allylic oxidation sites excluding steroid dienone is 1. The highest BCUT2D eigenvalue weighted by Crippen LogP contribution is 2.31. The molecule has 0 radical (unpaired) electrons. The molecule has 234 valence electrons. The highest BCUT2D eigenvalue weighted by atomic mass is 32.2. The van der Waals surface area contributed by atoms with Crippen molar-refractivity contribution >= 4 is 51.6 Å². The van der Waals surface area contributed by atoms with Gasteiger partial charge in [-0.1, -0.05) is 68.0 Å². The average molecular weight is 601 g/mol. The fourth-order valence-electron chi connectivity index (χ4n) is 5.43. The van der Waals surface area contributed by atoms with Crippen LogP contribution in [0.5, 0.6) is 0 Å². The molecule has 0 saturated carbocycles. The van der Waals surface area contributed by atoms with Gasteiger partial charge in [-0.05, 0) is 111 Å². The lowest BCUT2D eigenvalue weighted by molar-refractivity contribution is 0.793. The molecular formula is C38H56N4S. The van der Waals surface area contributed by atoms with Crippen LogP contribution in [0.1, 0.15) is 125 Å². The van der Waals surface area contributed by atoms with E-state index in [1.807, 2.05) is 45.5 Å². The van der Waals surface area contributed by atoms with Crippen molar-refractivity contribution < 1.29 is 0 Å². The van der Waals surface area contributed by atoms with E-state index in [1.54, 1.807) is 0 Å². The fraction of sp³-hybridized carbons (Fsp3) is 0.474. The first-order chi connectivity index (χ1) is 20.7. The van der Waals surface area contributed by atoms with Crippen LogP contribution in [0.15, 0.2) is 24.8 Å². The molecule has 43 heavy (non-hydrogen) atoms. The zero-order valence-corrected chi connectivity index (χ0v) is 29.8. The lowest BCUT2D eigenvalue weighted by Crippen LogP contribution is -1.91. The van der Waals surface area contributed by atoms with Crippen LogP contribution in [0.2, 0.25) is 0 Å². The van der Waals surface area contributed by atoms with Crippen LogP contribution in [0.25, 0.3) is 39.8 Å². The summed E-state index contributed by atoms with van der Waals surface area (Å²) in [7, 11) is 0. The monoisotopic (exact) mass is 600 g/mol. The Morgan fingerprint density at radius 1 is 0.860 bits per heavy atom. The normalized spacial score (nSPS) is 13.5. The first kappa shape index (κ1) is 36.1. The van der Waals surface area contributed by atoms with E-state index >= 15 is 0 Å². The molecule has 5 heteroatoms. The van der Waals surface area contributed by atoms with E-state index in [9.17, 15) is 0 Å². The number of aromatic nitrogens is 4. The third-order valence-electron chi connectivity index (χ3n) is 7.87. The largest absolute Gasteiger partial charge is 0.355 e. The standard InChI is InChI=1S/C29H32N4.C5H12S.2C2H6/c1-8-20-18(6)27-14-29-21(9-2)17(5)26(32-29)12-22-15(3)10-24(30-22)19(7)25-11-16(4)23(31-25)13-28(20)33-27;1-3-5-6-4-2;2*1-2/h9,11-15,32-33H,2,8,10H2,1,3-7H3;3-5H2,1-2H3;2*1-2H3. The van der Waals surface area contributed by atoms with Gasteiger partial charge in [-0.2, -0.15) is 11.8 Å². The number of fused-ring (bicyclic) bond motifs is 8. The van der Waals surface area contributed by atoms with Gasteiger partial charge in [-0.3, -0.25) is 4.98 Å². The molecule has 0 spiro atoms. The lowest BCUT2D eigenvalue weighted by Gasteiger charge is -2.00. The minimum absolute atomic E-state index is 0.370. The predicted molar refractivity (Wildman–Crippen MR) is 196 cm³/mol. The molecule has 3 aromatic heterocycles. The third kappa shape index (κ3) is 8.32. The Morgan fingerprint density at radius 2 is 1.51 bits per heavy atom.